The molecule has 1 aliphatic rings. The normalized spacial score (nSPS) is 14.6. The first-order valence-electron chi connectivity index (χ1n) is 5.89. The summed E-state index contributed by atoms with van der Waals surface area (Å²) >= 11 is 1.67. The van der Waals surface area contributed by atoms with Gasteiger partial charge >= 0.3 is 0 Å². The predicted molar refractivity (Wildman–Crippen MR) is 67.1 cm³/mol. The number of rotatable bonds is 3. The second kappa shape index (κ2) is 4.44. The van der Waals surface area contributed by atoms with Gasteiger partial charge in [-0.05, 0) is 19.8 Å². The van der Waals surface area contributed by atoms with Gasteiger partial charge < -0.3 is 5.32 Å². The molecule has 1 N–H and O–H groups in total. The van der Waals surface area contributed by atoms with Crippen LogP contribution in [-0.2, 0) is 19.5 Å². The zero-order valence-electron chi connectivity index (χ0n) is 9.81. The Morgan fingerprint density at radius 3 is 3.18 bits per heavy atom. The Kier molecular flexibility index (Phi) is 2.80. The summed E-state index contributed by atoms with van der Waals surface area (Å²) in [6.45, 7) is 3.79. The van der Waals surface area contributed by atoms with E-state index >= 15 is 0 Å². The summed E-state index contributed by atoms with van der Waals surface area (Å²) in [6.07, 6.45) is 3.49. The number of aryl methyl sites for hydroxylation is 3. The fraction of sp³-hybridized carbons (Fsp3) is 0.545. The third-order valence-electron chi connectivity index (χ3n) is 3.02. The monoisotopic (exact) mass is 249 g/mol. The van der Waals surface area contributed by atoms with Crippen LogP contribution in [0.15, 0.2) is 5.51 Å². The first kappa shape index (κ1) is 10.7. The van der Waals surface area contributed by atoms with Crippen molar-refractivity contribution >= 4 is 17.3 Å². The minimum absolute atomic E-state index is 0.745. The Bertz CT molecular complexity index is 492. The first-order chi connectivity index (χ1) is 8.33. The van der Waals surface area contributed by atoms with Gasteiger partial charge in [0.1, 0.15) is 5.82 Å². The lowest BCUT2D eigenvalue weighted by Crippen LogP contribution is -2.11. The van der Waals surface area contributed by atoms with Gasteiger partial charge in [-0.15, -0.1) is 16.4 Å². The third-order valence-corrected chi connectivity index (χ3v) is 3.96. The van der Waals surface area contributed by atoms with Crippen molar-refractivity contribution in [2.45, 2.75) is 39.3 Å². The number of nitrogens with zero attached hydrogens (tertiary/aromatic N) is 4. The highest BCUT2D eigenvalue weighted by Crippen LogP contribution is 2.16. The maximum Gasteiger partial charge on any atom is 0.242 e. The summed E-state index contributed by atoms with van der Waals surface area (Å²) in [5, 5.41) is 7.73. The Morgan fingerprint density at radius 2 is 2.41 bits per heavy atom. The Morgan fingerprint density at radius 1 is 1.47 bits per heavy atom. The van der Waals surface area contributed by atoms with E-state index in [9.17, 15) is 0 Å². The first-order valence-corrected chi connectivity index (χ1v) is 6.77. The number of thiazole rings is 1. The molecule has 6 heteroatoms. The van der Waals surface area contributed by atoms with Crippen molar-refractivity contribution < 1.29 is 0 Å². The van der Waals surface area contributed by atoms with E-state index in [4.69, 9.17) is 0 Å². The molecule has 0 aromatic carbocycles. The summed E-state index contributed by atoms with van der Waals surface area (Å²) in [7, 11) is 0. The van der Waals surface area contributed by atoms with Crippen LogP contribution in [0.4, 0.5) is 5.95 Å². The molecule has 0 atom stereocenters. The number of anilines is 1. The fourth-order valence-corrected chi connectivity index (χ4v) is 2.73. The highest BCUT2D eigenvalue weighted by Gasteiger charge is 2.13. The van der Waals surface area contributed by atoms with Gasteiger partial charge in [-0.3, -0.25) is 0 Å². The number of fused-ring (bicyclic) bond motifs is 1. The highest BCUT2D eigenvalue weighted by atomic mass is 32.1. The minimum Gasteiger partial charge on any atom is -0.348 e. The van der Waals surface area contributed by atoms with Crippen LogP contribution >= 0.6 is 11.3 Å². The summed E-state index contributed by atoms with van der Waals surface area (Å²) in [6, 6.07) is 0. The Hall–Kier alpha value is -1.43. The van der Waals surface area contributed by atoms with E-state index < -0.39 is 0 Å². The molecule has 0 aliphatic carbocycles. The van der Waals surface area contributed by atoms with Crippen molar-refractivity contribution in [1.82, 2.24) is 19.7 Å². The quantitative estimate of drug-likeness (QED) is 0.904. The van der Waals surface area contributed by atoms with E-state index in [2.05, 4.69) is 20.4 Å². The van der Waals surface area contributed by atoms with E-state index in [0.29, 0.717) is 0 Å². The summed E-state index contributed by atoms with van der Waals surface area (Å²) in [5.41, 5.74) is 2.96. The van der Waals surface area contributed by atoms with Crippen molar-refractivity contribution in [3.63, 3.8) is 0 Å². The maximum atomic E-state index is 4.50. The van der Waals surface area contributed by atoms with Crippen LogP contribution in [0, 0.1) is 6.92 Å². The SMILES string of the molecule is Cc1ncsc1CNc1nc2n(n1)CCCC2. The second-order valence-corrected chi connectivity index (χ2v) is 5.19. The average Bonchev–Trinajstić information content (AvgIpc) is 2.92. The van der Waals surface area contributed by atoms with Crippen molar-refractivity contribution in [2.75, 3.05) is 5.32 Å². The highest BCUT2D eigenvalue weighted by molar-refractivity contribution is 7.09. The molecule has 5 nitrogen and oxygen atoms in total. The molecular weight excluding hydrogens is 234 g/mol. The topological polar surface area (TPSA) is 55.6 Å². The van der Waals surface area contributed by atoms with Gasteiger partial charge in [0.2, 0.25) is 5.95 Å². The lowest BCUT2D eigenvalue weighted by molar-refractivity contribution is 0.480. The molecule has 0 saturated heterocycles. The van der Waals surface area contributed by atoms with Crippen LogP contribution in [-0.4, -0.2) is 19.7 Å². The predicted octanol–water partition coefficient (Wildman–Crippen LogP) is 1.99. The molecule has 17 heavy (non-hydrogen) atoms. The molecule has 3 heterocycles. The minimum atomic E-state index is 0.745. The average molecular weight is 249 g/mol. The molecule has 2 aromatic rings. The molecule has 0 saturated carbocycles. The number of aromatic nitrogens is 4. The van der Waals surface area contributed by atoms with Crippen LogP contribution in [0.5, 0.6) is 0 Å². The standard InChI is InChI=1S/C11H15N5S/c1-8-9(17-7-13-8)6-12-11-14-10-4-2-3-5-16(10)15-11/h7H,2-6H2,1H3,(H,12,15). The van der Waals surface area contributed by atoms with Crippen molar-refractivity contribution in [3.8, 4) is 0 Å². The van der Waals surface area contributed by atoms with E-state index in [1.54, 1.807) is 11.3 Å². The molecule has 90 valence electrons. The number of nitrogens with one attached hydrogen (secondary N) is 1. The van der Waals surface area contributed by atoms with Gasteiger partial charge in [0.05, 0.1) is 17.7 Å². The van der Waals surface area contributed by atoms with Crippen molar-refractivity contribution in [2.24, 2.45) is 0 Å². The van der Waals surface area contributed by atoms with Crippen LogP contribution in [0.25, 0.3) is 0 Å². The fourth-order valence-electron chi connectivity index (χ4n) is 2.01. The van der Waals surface area contributed by atoms with Crippen LogP contribution in [0.1, 0.15) is 29.2 Å². The largest absolute Gasteiger partial charge is 0.348 e. The Labute approximate surface area is 104 Å². The van der Waals surface area contributed by atoms with Crippen LogP contribution in [0.2, 0.25) is 0 Å². The van der Waals surface area contributed by atoms with Gasteiger partial charge in [0.15, 0.2) is 0 Å². The number of hydrogen-bond donors (Lipinski definition) is 1. The lowest BCUT2D eigenvalue weighted by Gasteiger charge is -2.09. The smallest absolute Gasteiger partial charge is 0.242 e. The molecule has 0 fully saturated rings. The summed E-state index contributed by atoms with van der Waals surface area (Å²) < 4.78 is 2.02. The molecular formula is C11H15N5S. The maximum absolute atomic E-state index is 4.50. The lowest BCUT2D eigenvalue weighted by atomic mass is 10.2. The van der Waals surface area contributed by atoms with E-state index in [1.165, 1.54) is 17.7 Å². The number of hydrogen-bond acceptors (Lipinski definition) is 5. The molecule has 0 unspecified atom stereocenters. The van der Waals surface area contributed by atoms with Gasteiger partial charge in [0, 0.05) is 17.8 Å². The molecule has 3 rings (SSSR count). The van der Waals surface area contributed by atoms with Crippen LogP contribution in [0.3, 0.4) is 0 Å². The Balaban J connectivity index is 1.69. The zero-order valence-corrected chi connectivity index (χ0v) is 10.6. The van der Waals surface area contributed by atoms with Crippen LogP contribution < -0.4 is 5.32 Å². The van der Waals surface area contributed by atoms with Gasteiger partial charge in [-0.2, -0.15) is 4.98 Å². The third kappa shape index (κ3) is 2.17. The molecule has 1 aliphatic heterocycles. The zero-order chi connectivity index (χ0) is 11.7. The summed E-state index contributed by atoms with van der Waals surface area (Å²) in [5.74, 6) is 1.86. The van der Waals surface area contributed by atoms with E-state index in [1.807, 2.05) is 17.1 Å². The molecule has 0 bridgehead atoms. The second-order valence-electron chi connectivity index (χ2n) is 4.25. The summed E-state index contributed by atoms with van der Waals surface area (Å²) in [4.78, 5) is 9.98. The van der Waals surface area contributed by atoms with E-state index in [-0.39, 0.29) is 0 Å². The molecule has 0 radical (unpaired) electrons. The van der Waals surface area contributed by atoms with Crippen molar-refractivity contribution in [3.05, 3.63) is 21.9 Å². The molecule has 0 spiro atoms. The molecule has 0 amide bonds. The van der Waals surface area contributed by atoms with Gasteiger partial charge in [-0.1, -0.05) is 0 Å². The van der Waals surface area contributed by atoms with Gasteiger partial charge in [0.25, 0.3) is 0 Å². The van der Waals surface area contributed by atoms with Crippen molar-refractivity contribution in [1.29, 1.82) is 0 Å². The van der Waals surface area contributed by atoms with E-state index in [0.717, 1.165) is 37.0 Å². The van der Waals surface area contributed by atoms with Gasteiger partial charge in [-0.25, -0.2) is 9.67 Å². The molecule has 2 aromatic heterocycles.